The van der Waals surface area contributed by atoms with Crippen LogP contribution >= 0.6 is 0 Å². The molecule has 0 spiro atoms. The number of aliphatic carboxylic acids is 1. The Morgan fingerprint density at radius 3 is 2.81 bits per heavy atom. The first-order valence-corrected chi connectivity index (χ1v) is 6.74. The van der Waals surface area contributed by atoms with Crippen molar-refractivity contribution < 1.29 is 19.4 Å². The smallest absolute Gasteiger partial charge is 0.329 e. The van der Waals surface area contributed by atoms with Gasteiger partial charge in [-0.3, -0.25) is 0 Å². The van der Waals surface area contributed by atoms with Gasteiger partial charge in [0.25, 0.3) is 0 Å². The molecular formula is C13H20N4O4. The average molecular weight is 296 g/mol. The summed E-state index contributed by atoms with van der Waals surface area (Å²) in [5, 5.41) is 11.4. The Bertz CT molecular complexity index is 522. The van der Waals surface area contributed by atoms with Crippen molar-refractivity contribution in [3.05, 3.63) is 18.2 Å². The van der Waals surface area contributed by atoms with Gasteiger partial charge in [-0.2, -0.15) is 0 Å². The third-order valence-electron chi connectivity index (χ3n) is 3.43. The minimum atomic E-state index is -1.01. The third-order valence-corrected chi connectivity index (χ3v) is 3.43. The van der Waals surface area contributed by atoms with Crippen molar-refractivity contribution in [3.8, 4) is 0 Å². The van der Waals surface area contributed by atoms with Crippen LogP contribution in [0.2, 0.25) is 0 Å². The van der Waals surface area contributed by atoms with Crippen molar-refractivity contribution in [1.29, 1.82) is 0 Å². The first kappa shape index (κ1) is 15.3. The Morgan fingerprint density at radius 2 is 2.24 bits per heavy atom. The normalized spacial score (nSPS) is 16.4. The topological polar surface area (TPSA) is 96.7 Å². The quantitative estimate of drug-likeness (QED) is 0.761. The number of amides is 2. The number of rotatable bonds is 6. The van der Waals surface area contributed by atoms with Gasteiger partial charge in [0.15, 0.2) is 0 Å². The van der Waals surface area contributed by atoms with Gasteiger partial charge in [0, 0.05) is 32.4 Å². The highest BCUT2D eigenvalue weighted by atomic mass is 16.5. The fraction of sp³-hybridized carbons (Fsp3) is 0.615. The van der Waals surface area contributed by atoms with Gasteiger partial charge < -0.3 is 24.6 Å². The molecule has 116 valence electrons. The Labute approximate surface area is 122 Å². The number of hydrogen-bond donors (Lipinski definition) is 2. The molecule has 0 saturated carbocycles. The number of imidazole rings is 1. The number of aromatic nitrogens is 2. The predicted octanol–water partition coefficient (Wildman–Crippen LogP) is -0.152. The second-order valence-electron chi connectivity index (χ2n) is 5.42. The molecule has 8 nitrogen and oxygen atoms in total. The van der Waals surface area contributed by atoms with Gasteiger partial charge in [0.1, 0.15) is 18.0 Å². The molecule has 2 N–H and O–H groups in total. The molecule has 0 atom stereocenters. The lowest BCUT2D eigenvalue weighted by Gasteiger charge is -2.46. The number of likely N-dealkylation sites (tertiary alicyclic amines) is 1. The lowest BCUT2D eigenvalue weighted by Crippen LogP contribution is -2.65. The number of carbonyl (C=O) groups excluding carboxylic acids is 1. The first-order chi connectivity index (χ1) is 9.89. The molecule has 0 bridgehead atoms. The SMILES string of the molecule is Cn1ccnc1CCNC(=O)N1CC(C)(OCC(=O)O)C1. The van der Waals surface area contributed by atoms with E-state index in [1.54, 1.807) is 18.0 Å². The van der Waals surface area contributed by atoms with E-state index in [0.717, 1.165) is 5.82 Å². The molecular weight excluding hydrogens is 276 g/mol. The second kappa shape index (κ2) is 6.13. The number of nitrogens with zero attached hydrogens (tertiary/aromatic N) is 3. The summed E-state index contributed by atoms with van der Waals surface area (Å²) in [5.41, 5.74) is -0.560. The number of aryl methyl sites for hydroxylation is 1. The van der Waals surface area contributed by atoms with Crippen molar-refractivity contribution in [2.24, 2.45) is 7.05 Å². The van der Waals surface area contributed by atoms with Gasteiger partial charge in [-0.25, -0.2) is 14.6 Å². The molecule has 0 unspecified atom stereocenters. The fourth-order valence-electron chi connectivity index (χ4n) is 2.26. The van der Waals surface area contributed by atoms with Gasteiger partial charge >= 0.3 is 12.0 Å². The van der Waals surface area contributed by atoms with E-state index in [4.69, 9.17) is 9.84 Å². The maximum Gasteiger partial charge on any atom is 0.329 e. The van der Waals surface area contributed by atoms with Crippen LogP contribution in [0.25, 0.3) is 0 Å². The summed E-state index contributed by atoms with van der Waals surface area (Å²) >= 11 is 0. The van der Waals surface area contributed by atoms with Crippen molar-refractivity contribution in [1.82, 2.24) is 19.8 Å². The number of ether oxygens (including phenoxy) is 1. The maximum absolute atomic E-state index is 11.9. The molecule has 2 rings (SSSR count). The van der Waals surface area contributed by atoms with Crippen molar-refractivity contribution in [3.63, 3.8) is 0 Å². The van der Waals surface area contributed by atoms with E-state index >= 15 is 0 Å². The molecule has 0 aromatic carbocycles. The van der Waals surface area contributed by atoms with Crippen LogP contribution in [0.15, 0.2) is 12.4 Å². The molecule has 8 heteroatoms. The van der Waals surface area contributed by atoms with E-state index in [9.17, 15) is 9.59 Å². The number of carbonyl (C=O) groups is 2. The van der Waals surface area contributed by atoms with Crippen LogP contribution in [-0.4, -0.2) is 63.4 Å². The van der Waals surface area contributed by atoms with E-state index in [2.05, 4.69) is 10.3 Å². The summed E-state index contributed by atoms with van der Waals surface area (Å²) in [6.45, 7) is 2.76. The Morgan fingerprint density at radius 1 is 1.52 bits per heavy atom. The zero-order valence-corrected chi connectivity index (χ0v) is 12.2. The largest absolute Gasteiger partial charge is 0.480 e. The van der Waals surface area contributed by atoms with Crippen LogP contribution < -0.4 is 5.32 Å². The van der Waals surface area contributed by atoms with E-state index in [1.807, 2.05) is 17.8 Å². The zero-order valence-electron chi connectivity index (χ0n) is 12.2. The number of urea groups is 1. The van der Waals surface area contributed by atoms with Gasteiger partial charge in [-0.1, -0.05) is 0 Å². The molecule has 2 heterocycles. The average Bonchev–Trinajstić information content (AvgIpc) is 2.79. The maximum atomic E-state index is 11.9. The van der Waals surface area contributed by atoms with Crippen molar-refractivity contribution in [2.45, 2.75) is 18.9 Å². The number of hydrogen-bond acceptors (Lipinski definition) is 4. The van der Waals surface area contributed by atoms with Crippen LogP contribution in [0.1, 0.15) is 12.7 Å². The minimum Gasteiger partial charge on any atom is -0.480 e. The summed E-state index contributed by atoms with van der Waals surface area (Å²) in [7, 11) is 1.91. The van der Waals surface area contributed by atoms with Gasteiger partial charge in [0.05, 0.1) is 13.1 Å². The highest BCUT2D eigenvalue weighted by molar-refractivity contribution is 5.75. The molecule has 2 amide bonds. The fourth-order valence-corrected chi connectivity index (χ4v) is 2.26. The van der Waals surface area contributed by atoms with Crippen LogP contribution in [0.4, 0.5) is 4.79 Å². The standard InChI is InChI=1S/C13H20N4O4/c1-13(21-7-11(18)19)8-17(9-13)12(20)15-4-3-10-14-5-6-16(10)2/h5-6H,3-4,7-9H2,1-2H3,(H,15,20)(H,18,19). The predicted molar refractivity (Wildman–Crippen MR) is 73.9 cm³/mol. The lowest BCUT2D eigenvalue weighted by molar-refractivity contribution is -0.159. The second-order valence-corrected chi connectivity index (χ2v) is 5.42. The van der Waals surface area contributed by atoms with E-state index in [1.165, 1.54) is 0 Å². The Balaban J connectivity index is 1.67. The van der Waals surface area contributed by atoms with E-state index in [0.29, 0.717) is 26.1 Å². The summed E-state index contributed by atoms with van der Waals surface area (Å²) in [5.74, 6) is -0.0947. The first-order valence-electron chi connectivity index (χ1n) is 6.74. The molecule has 1 aromatic rings. The third kappa shape index (κ3) is 3.94. The van der Waals surface area contributed by atoms with Crippen molar-refractivity contribution in [2.75, 3.05) is 26.2 Å². The Kier molecular flexibility index (Phi) is 4.46. The van der Waals surface area contributed by atoms with Crippen LogP contribution in [0.5, 0.6) is 0 Å². The van der Waals surface area contributed by atoms with Gasteiger partial charge in [0.2, 0.25) is 0 Å². The van der Waals surface area contributed by atoms with Gasteiger partial charge in [-0.15, -0.1) is 0 Å². The van der Waals surface area contributed by atoms with Crippen molar-refractivity contribution >= 4 is 12.0 Å². The number of carboxylic acids is 1. The highest BCUT2D eigenvalue weighted by Gasteiger charge is 2.42. The number of nitrogens with one attached hydrogen (secondary N) is 1. The lowest BCUT2D eigenvalue weighted by atomic mass is 9.97. The molecule has 1 aliphatic heterocycles. The molecule has 1 aliphatic rings. The number of carboxylic acid groups (broad SMARTS) is 1. The molecule has 0 aliphatic carbocycles. The van der Waals surface area contributed by atoms with Crippen LogP contribution in [0.3, 0.4) is 0 Å². The zero-order chi connectivity index (χ0) is 15.5. The molecule has 21 heavy (non-hydrogen) atoms. The van der Waals surface area contributed by atoms with E-state index in [-0.39, 0.29) is 12.6 Å². The van der Waals surface area contributed by atoms with Crippen LogP contribution in [-0.2, 0) is 23.0 Å². The van der Waals surface area contributed by atoms with E-state index < -0.39 is 11.6 Å². The molecule has 1 fully saturated rings. The Hall–Kier alpha value is -2.09. The van der Waals surface area contributed by atoms with Gasteiger partial charge in [-0.05, 0) is 6.92 Å². The molecule has 1 saturated heterocycles. The highest BCUT2D eigenvalue weighted by Crippen LogP contribution is 2.24. The summed E-state index contributed by atoms with van der Waals surface area (Å²) in [6.07, 6.45) is 4.24. The monoisotopic (exact) mass is 296 g/mol. The molecule has 1 aromatic heterocycles. The summed E-state index contributed by atoms with van der Waals surface area (Å²) < 4.78 is 7.16. The van der Waals surface area contributed by atoms with Crippen LogP contribution in [0, 0.1) is 0 Å². The summed E-state index contributed by atoms with van der Waals surface area (Å²) in [6, 6.07) is -0.166. The summed E-state index contributed by atoms with van der Waals surface area (Å²) in [4.78, 5) is 28.1. The molecule has 0 radical (unpaired) electrons. The minimum absolute atomic E-state index is 0.166.